The molecule has 1 aromatic rings. The normalized spacial score (nSPS) is 16.8. The number of carboxylic acids is 2. The number of carboxylic acid groups (broad SMARTS) is 2. The summed E-state index contributed by atoms with van der Waals surface area (Å²) < 4.78 is 5.75. The quantitative estimate of drug-likeness (QED) is 0.511. The zero-order valence-electron chi connectivity index (χ0n) is 13.9. The lowest BCUT2D eigenvalue weighted by molar-refractivity contribution is -0.145. The Morgan fingerprint density at radius 1 is 1.38 bits per heavy atom. The van der Waals surface area contributed by atoms with Crippen LogP contribution in [0.4, 0.5) is 0 Å². The summed E-state index contributed by atoms with van der Waals surface area (Å²) in [6, 6.07) is 6.72. The molecule has 1 amide bonds. The average molecular weight is 395 g/mol. The van der Waals surface area contributed by atoms with E-state index in [1.54, 1.807) is 37.3 Å². The molecule has 1 heterocycles. The highest BCUT2D eigenvalue weighted by Crippen LogP contribution is 2.33. The van der Waals surface area contributed by atoms with Gasteiger partial charge in [-0.3, -0.25) is 14.5 Å². The topological polar surface area (TPSA) is 104 Å². The van der Waals surface area contributed by atoms with Crippen LogP contribution in [0.25, 0.3) is 6.08 Å². The molecule has 138 valence electrons. The first-order chi connectivity index (χ1) is 12.3. The Labute approximate surface area is 159 Å². The standard InChI is InChI=1S/C17H17NO6S2/c1-2-12(16(22)23)24-11-5-3-4-10(8-11)9-13-15(21)18(17(25)26-13)7-6-14(19)20/h3-5,8-9,12H,2,6-7H2,1H3,(H,19,20)(H,22,23)/b13-9-. The van der Waals surface area contributed by atoms with E-state index in [1.807, 2.05) is 0 Å². The molecule has 1 atom stereocenters. The number of ether oxygens (including phenoxy) is 1. The first kappa shape index (κ1) is 19.9. The van der Waals surface area contributed by atoms with Gasteiger partial charge in [-0.15, -0.1) is 0 Å². The van der Waals surface area contributed by atoms with Crippen LogP contribution >= 0.6 is 24.0 Å². The van der Waals surface area contributed by atoms with Crippen molar-refractivity contribution in [2.24, 2.45) is 0 Å². The van der Waals surface area contributed by atoms with Crippen molar-refractivity contribution in [3.05, 3.63) is 34.7 Å². The van der Waals surface area contributed by atoms with Crippen molar-refractivity contribution in [3.63, 3.8) is 0 Å². The SMILES string of the molecule is CCC(Oc1cccc(/C=C2\SC(=S)N(CCC(=O)O)C2=O)c1)C(=O)O. The van der Waals surface area contributed by atoms with Gasteiger partial charge in [0.2, 0.25) is 0 Å². The van der Waals surface area contributed by atoms with Crippen molar-refractivity contribution in [2.45, 2.75) is 25.9 Å². The van der Waals surface area contributed by atoms with Crippen molar-refractivity contribution < 1.29 is 29.3 Å². The molecule has 1 saturated heterocycles. The maximum absolute atomic E-state index is 12.4. The molecule has 9 heteroatoms. The van der Waals surface area contributed by atoms with E-state index in [9.17, 15) is 14.4 Å². The van der Waals surface area contributed by atoms with Crippen molar-refractivity contribution >= 4 is 52.2 Å². The summed E-state index contributed by atoms with van der Waals surface area (Å²) in [7, 11) is 0. The summed E-state index contributed by atoms with van der Waals surface area (Å²) >= 11 is 6.23. The van der Waals surface area contributed by atoms with Gasteiger partial charge in [-0.2, -0.15) is 0 Å². The summed E-state index contributed by atoms with van der Waals surface area (Å²) in [5.74, 6) is -2.01. The Kier molecular flexibility index (Phi) is 6.76. The van der Waals surface area contributed by atoms with Gasteiger partial charge in [0.1, 0.15) is 10.1 Å². The summed E-state index contributed by atoms with van der Waals surface area (Å²) in [5, 5.41) is 17.8. The highest BCUT2D eigenvalue weighted by Gasteiger charge is 2.32. The number of thiocarbonyl (C=S) groups is 1. The first-order valence-electron chi connectivity index (χ1n) is 7.78. The van der Waals surface area contributed by atoms with E-state index in [0.717, 1.165) is 11.8 Å². The highest BCUT2D eigenvalue weighted by molar-refractivity contribution is 8.26. The number of nitrogens with zero attached hydrogens (tertiary/aromatic N) is 1. The fourth-order valence-corrected chi connectivity index (χ4v) is 3.51. The fraction of sp³-hybridized carbons (Fsp3) is 0.294. The van der Waals surface area contributed by atoms with E-state index in [2.05, 4.69) is 0 Å². The molecule has 0 radical (unpaired) electrons. The van der Waals surface area contributed by atoms with E-state index in [-0.39, 0.29) is 18.9 Å². The Balaban J connectivity index is 2.15. The predicted octanol–water partition coefficient (Wildman–Crippen LogP) is 2.60. The van der Waals surface area contributed by atoms with E-state index in [4.69, 9.17) is 27.2 Å². The van der Waals surface area contributed by atoms with E-state index < -0.39 is 18.0 Å². The third kappa shape index (κ3) is 5.06. The molecule has 7 nitrogen and oxygen atoms in total. The van der Waals surface area contributed by atoms with Gasteiger partial charge in [0.15, 0.2) is 6.10 Å². The number of hydrogen-bond acceptors (Lipinski definition) is 6. The van der Waals surface area contributed by atoms with Crippen LogP contribution in [0.3, 0.4) is 0 Å². The zero-order chi connectivity index (χ0) is 19.3. The van der Waals surface area contributed by atoms with Gasteiger partial charge in [0.05, 0.1) is 11.3 Å². The number of carbonyl (C=O) groups excluding carboxylic acids is 1. The third-order valence-electron chi connectivity index (χ3n) is 3.50. The highest BCUT2D eigenvalue weighted by atomic mass is 32.2. The van der Waals surface area contributed by atoms with E-state index in [1.165, 1.54) is 4.90 Å². The van der Waals surface area contributed by atoms with Gasteiger partial charge in [0.25, 0.3) is 5.91 Å². The minimum Gasteiger partial charge on any atom is -0.481 e. The van der Waals surface area contributed by atoms with Gasteiger partial charge in [0, 0.05) is 6.54 Å². The predicted molar refractivity (Wildman–Crippen MR) is 101 cm³/mol. The Bertz CT molecular complexity index is 776. The Hall–Kier alpha value is -2.39. The molecule has 2 N–H and O–H groups in total. The van der Waals surface area contributed by atoms with Crippen molar-refractivity contribution in [3.8, 4) is 5.75 Å². The molecule has 1 aliphatic heterocycles. The molecule has 0 saturated carbocycles. The minimum absolute atomic E-state index is 0.0251. The lowest BCUT2D eigenvalue weighted by Gasteiger charge is -2.13. The number of rotatable bonds is 8. The second-order valence-electron chi connectivity index (χ2n) is 5.40. The van der Waals surface area contributed by atoms with Crippen LogP contribution in [0.2, 0.25) is 0 Å². The van der Waals surface area contributed by atoms with Gasteiger partial charge in [-0.25, -0.2) is 4.79 Å². The molecule has 1 fully saturated rings. The van der Waals surface area contributed by atoms with Gasteiger partial charge in [-0.1, -0.05) is 43.0 Å². The summed E-state index contributed by atoms with van der Waals surface area (Å²) in [6.45, 7) is 1.74. The average Bonchev–Trinajstić information content (AvgIpc) is 2.84. The van der Waals surface area contributed by atoms with E-state index in [0.29, 0.717) is 27.0 Å². The maximum Gasteiger partial charge on any atom is 0.344 e. The molecule has 1 aliphatic rings. The Morgan fingerprint density at radius 3 is 2.73 bits per heavy atom. The van der Waals surface area contributed by atoms with Crippen LogP contribution in [0.5, 0.6) is 5.75 Å². The van der Waals surface area contributed by atoms with Crippen LogP contribution in [-0.2, 0) is 14.4 Å². The summed E-state index contributed by atoms with van der Waals surface area (Å²) in [6.07, 6.45) is 0.812. The molecule has 0 aromatic heterocycles. The molecule has 1 unspecified atom stereocenters. The van der Waals surface area contributed by atoms with Crippen molar-refractivity contribution in [1.82, 2.24) is 4.90 Å². The molecule has 26 heavy (non-hydrogen) atoms. The second-order valence-corrected chi connectivity index (χ2v) is 7.08. The number of hydrogen-bond donors (Lipinski definition) is 2. The smallest absolute Gasteiger partial charge is 0.344 e. The lowest BCUT2D eigenvalue weighted by atomic mass is 10.2. The Morgan fingerprint density at radius 2 is 2.12 bits per heavy atom. The number of thioether (sulfide) groups is 1. The number of benzene rings is 1. The van der Waals surface area contributed by atoms with Crippen LogP contribution < -0.4 is 4.74 Å². The number of aliphatic carboxylic acids is 2. The largest absolute Gasteiger partial charge is 0.481 e. The van der Waals surface area contributed by atoms with Crippen LogP contribution in [-0.4, -0.2) is 49.9 Å². The van der Waals surface area contributed by atoms with Crippen molar-refractivity contribution in [2.75, 3.05) is 6.54 Å². The monoisotopic (exact) mass is 395 g/mol. The number of carbonyl (C=O) groups is 3. The lowest BCUT2D eigenvalue weighted by Crippen LogP contribution is -2.30. The fourth-order valence-electron chi connectivity index (χ4n) is 2.20. The molecule has 1 aromatic carbocycles. The van der Waals surface area contributed by atoms with Gasteiger partial charge < -0.3 is 14.9 Å². The maximum atomic E-state index is 12.4. The van der Waals surface area contributed by atoms with Gasteiger partial charge >= 0.3 is 11.9 Å². The zero-order valence-corrected chi connectivity index (χ0v) is 15.5. The molecule has 0 spiro atoms. The third-order valence-corrected chi connectivity index (χ3v) is 4.88. The van der Waals surface area contributed by atoms with Crippen molar-refractivity contribution in [1.29, 1.82) is 0 Å². The summed E-state index contributed by atoms with van der Waals surface area (Å²) in [5.41, 5.74) is 0.654. The molecule has 2 rings (SSSR count). The number of amides is 1. The van der Waals surface area contributed by atoms with E-state index >= 15 is 0 Å². The molecule has 0 bridgehead atoms. The van der Waals surface area contributed by atoms with Crippen LogP contribution in [0.15, 0.2) is 29.2 Å². The molecule has 0 aliphatic carbocycles. The first-order valence-corrected chi connectivity index (χ1v) is 9.01. The summed E-state index contributed by atoms with van der Waals surface area (Å²) in [4.78, 5) is 35.8. The minimum atomic E-state index is -1.04. The molecular formula is C17H17NO6S2. The van der Waals surface area contributed by atoms with Crippen LogP contribution in [0.1, 0.15) is 25.3 Å². The molecular weight excluding hydrogens is 378 g/mol. The van der Waals surface area contributed by atoms with Gasteiger partial charge in [-0.05, 0) is 30.2 Å². The van der Waals surface area contributed by atoms with Crippen LogP contribution in [0, 0.1) is 0 Å². The second kappa shape index (κ2) is 8.81.